The third-order valence-corrected chi connectivity index (χ3v) is 7.63. The van der Waals surface area contributed by atoms with Gasteiger partial charge in [0.2, 0.25) is 10.0 Å². The molecule has 5 nitrogen and oxygen atoms in total. The van der Waals surface area contributed by atoms with Crippen molar-refractivity contribution >= 4 is 15.7 Å². The average Bonchev–Trinajstić information content (AvgIpc) is 2.63. The van der Waals surface area contributed by atoms with Crippen LogP contribution in [0.5, 0.6) is 5.75 Å². The Bertz CT molecular complexity index is 923. The summed E-state index contributed by atoms with van der Waals surface area (Å²) in [5.74, 6) is 0.684. The van der Waals surface area contributed by atoms with Crippen molar-refractivity contribution in [3.63, 3.8) is 0 Å². The predicted octanol–water partition coefficient (Wildman–Crippen LogP) is 3.44. The Hall–Kier alpha value is -2.05. The molecule has 1 aliphatic heterocycles. The first-order valence-electron chi connectivity index (χ1n) is 9.22. The highest BCUT2D eigenvalue weighted by Gasteiger charge is 2.31. The van der Waals surface area contributed by atoms with Crippen LogP contribution in [-0.2, 0) is 10.0 Å². The molecule has 0 N–H and O–H groups in total. The third-order valence-electron chi connectivity index (χ3n) is 5.42. The number of hydrogen-bond donors (Lipinski definition) is 0. The lowest BCUT2D eigenvalue weighted by Gasteiger charge is -2.36. The molecule has 0 aromatic heterocycles. The van der Waals surface area contributed by atoms with E-state index in [1.165, 1.54) is 16.8 Å². The van der Waals surface area contributed by atoms with Gasteiger partial charge in [0.25, 0.3) is 0 Å². The van der Waals surface area contributed by atoms with E-state index in [4.69, 9.17) is 4.74 Å². The highest BCUT2D eigenvalue weighted by Crippen LogP contribution is 2.30. The second-order valence-electron chi connectivity index (χ2n) is 7.20. The number of ether oxygens (including phenoxy) is 1. The molecule has 0 bridgehead atoms. The van der Waals surface area contributed by atoms with E-state index in [1.54, 1.807) is 23.5 Å². The summed E-state index contributed by atoms with van der Waals surface area (Å²) < 4.78 is 33.4. The summed E-state index contributed by atoms with van der Waals surface area (Å²) in [4.78, 5) is 2.69. The van der Waals surface area contributed by atoms with E-state index in [0.29, 0.717) is 36.8 Å². The fourth-order valence-electron chi connectivity index (χ4n) is 3.81. The van der Waals surface area contributed by atoms with Crippen LogP contribution in [0.4, 0.5) is 5.69 Å². The van der Waals surface area contributed by atoms with Crippen LogP contribution in [0.25, 0.3) is 0 Å². The standard InChI is InChI=1S/C21H28N2O3S/c1-15-7-6-8-20(18(15)4)22-9-11-23(12-10-22)27(24,25)21-16(2)13-19(26-5)14-17(21)3/h6-8,13-14H,9-12H2,1-5H3. The van der Waals surface area contributed by atoms with Crippen molar-refractivity contribution < 1.29 is 13.2 Å². The van der Waals surface area contributed by atoms with Crippen molar-refractivity contribution in [2.45, 2.75) is 32.6 Å². The number of benzene rings is 2. The molecular formula is C21H28N2O3S. The monoisotopic (exact) mass is 388 g/mol. The Balaban J connectivity index is 1.82. The number of sulfonamides is 1. The molecule has 0 unspecified atom stereocenters. The van der Waals surface area contributed by atoms with Gasteiger partial charge in [-0.2, -0.15) is 4.31 Å². The van der Waals surface area contributed by atoms with Crippen molar-refractivity contribution in [3.8, 4) is 5.75 Å². The summed E-state index contributed by atoms with van der Waals surface area (Å²) in [5, 5.41) is 0. The highest BCUT2D eigenvalue weighted by atomic mass is 32.2. The van der Waals surface area contributed by atoms with Gasteiger partial charge in [0.1, 0.15) is 5.75 Å². The molecule has 0 radical (unpaired) electrons. The number of methoxy groups -OCH3 is 1. The first-order chi connectivity index (χ1) is 12.8. The lowest BCUT2D eigenvalue weighted by atomic mass is 10.1. The summed E-state index contributed by atoms with van der Waals surface area (Å²) >= 11 is 0. The normalized spacial score (nSPS) is 15.8. The molecule has 1 fully saturated rings. The van der Waals surface area contributed by atoms with Crippen LogP contribution in [0.1, 0.15) is 22.3 Å². The van der Waals surface area contributed by atoms with Crippen molar-refractivity contribution in [1.29, 1.82) is 0 Å². The Labute approximate surface area is 162 Å². The van der Waals surface area contributed by atoms with Crippen molar-refractivity contribution in [2.75, 3.05) is 38.2 Å². The summed E-state index contributed by atoms with van der Waals surface area (Å²) in [6, 6.07) is 9.85. The van der Waals surface area contributed by atoms with Crippen LogP contribution in [0.3, 0.4) is 0 Å². The fraction of sp³-hybridized carbons (Fsp3) is 0.429. The third kappa shape index (κ3) is 3.69. The zero-order valence-corrected chi connectivity index (χ0v) is 17.6. The largest absolute Gasteiger partial charge is 0.497 e. The van der Waals surface area contributed by atoms with Gasteiger partial charge < -0.3 is 9.64 Å². The van der Waals surface area contributed by atoms with E-state index in [1.807, 2.05) is 13.8 Å². The van der Waals surface area contributed by atoms with Crippen LogP contribution >= 0.6 is 0 Å². The highest BCUT2D eigenvalue weighted by molar-refractivity contribution is 7.89. The number of anilines is 1. The minimum Gasteiger partial charge on any atom is -0.497 e. The van der Waals surface area contributed by atoms with E-state index in [0.717, 1.165) is 11.1 Å². The molecule has 3 rings (SSSR count). The molecule has 6 heteroatoms. The Morgan fingerprint density at radius 2 is 1.48 bits per heavy atom. The van der Waals surface area contributed by atoms with Gasteiger partial charge in [0.15, 0.2) is 0 Å². The molecule has 1 saturated heterocycles. The molecule has 0 amide bonds. The SMILES string of the molecule is COc1cc(C)c(S(=O)(=O)N2CCN(c3cccc(C)c3C)CC2)c(C)c1. The van der Waals surface area contributed by atoms with E-state index in [9.17, 15) is 8.42 Å². The van der Waals surface area contributed by atoms with Crippen LogP contribution in [0, 0.1) is 27.7 Å². The van der Waals surface area contributed by atoms with Crippen LogP contribution in [-0.4, -0.2) is 46.0 Å². The lowest BCUT2D eigenvalue weighted by Crippen LogP contribution is -2.49. The minimum absolute atomic E-state index is 0.406. The average molecular weight is 389 g/mol. The molecule has 1 heterocycles. The number of rotatable bonds is 4. The van der Waals surface area contributed by atoms with Gasteiger partial charge in [-0.1, -0.05) is 12.1 Å². The summed E-state index contributed by atoms with van der Waals surface area (Å²) in [7, 11) is -1.93. The summed E-state index contributed by atoms with van der Waals surface area (Å²) in [5.41, 5.74) is 5.17. The molecule has 146 valence electrons. The molecular weight excluding hydrogens is 360 g/mol. The molecule has 0 atom stereocenters. The van der Waals surface area contributed by atoms with Gasteiger partial charge in [-0.25, -0.2) is 8.42 Å². The fourth-order valence-corrected chi connectivity index (χ4v) is 5.65. The van der Waals surface area contributed by atoms with Crippen LogP contribution in [0.15, 0.2) is 35.2 Å². The smallest absolute Gasteiger partial charge is 0.243 e. The maximum atomic E-state index is 13.3. The summed E-state index contributed by atoms with van der Waals surface area (Å²) in [6.45, 7) is 10.2. The molecule has 27 heavy (non-hydrogen) atoms. The number of piperazine rings is 1. The van der Waals surface area contributed by atoms with Crippen molar-refractivity contribution in [3.05, 3.63) is 52.6 Å². The molecule has 1 aliphatic rings. The second-order valence-corrected chi connectivity index (χ2v) is 9.08. The molecule has 2 aromatic carbocycles. The maximum absolute atomic E-state index is 13.3. The molecule has 0 spiro atoms. The molecule has 0 saturated carbocycles. The van der Waals surface area contributed by atoms with Crippen LogP contribution < -0.4 is 9.64 Å². The Kier molecular flexibility index (Phi) is 5.49. The number of hydrogen-bond acceptors (Lipinski definition) is 4. The first kappa shape index (κ1) is 19.7. The Morgan fingerprint density at radius 1 is 0.889 bits per heavy atom. The Morgan fingerprint density at radius 3 is 2.04 bits per heavy atom. The topological polar surface area (TPSA) is 49.9 Å². The van der Waals surface area contributed by atoms with Crippen LogP contribution in [0.2, 0.25) is 0 Å². The number of nitrogens with zero attached hydrogens (tertiary/aromatic N) is 2. The predicted molar refractivity (Wildman–Crippen MR) is 109 cm³/mol. The number of aryl methyl sites for hydroxylation is 3. The maximum Gasteiger partial charge on any atom is 0.243 e. The van der Waals surface area contributed by atoms with Gasteiger partial charge in [0.05, 0.1) is 12.0 Å². The van der Waals surface area contributed by atoms with E-state index >= 15 is 0 Å². The zero-order chi connectivity index (χ0) is 19.8. The quantitative estimate of drug-likeness (QED) is 0.805. The molecule has 0 aliphatic carbocycles. The van der Waals surface area contributed by atoms with Gasteiger partial charge in [-0.15, -0.1) is 0 Å². The van der Waals surface area contributed by atoms with Crippen molar-refractivity contribution in [1.82, 2.24) is 4.31 Å². The minimum atomic E-state index is -3.52. The van der Waals surface area contributed by atoms with E-state index in [-0.39, 0.29) is 0 Å². The van der Waals surface area contributed by atoms with Gasteiger partial charge in [-0.05, 0) is 68.1 Å². The van der Waals surface area contributed by atoms with Gasteiger partial charge >= 0.3 is 0 Å². The zero-order valence-electron chi connectivity index (χ0n) is 16.7. The van der Waals surface area contributed by atoms with Crippen molar-refractivity contribution in [2.24, 2.45) is 0 Å². The van der Waals surface area contributed by atoms with Gasteiger partial charge in [-0.3, -0.25) is 0 Å². The molecule has 2 aromatic rings. The lowest BCUT2D eigenvalue weighted by molar-refractivity contribution is 0.384. The first-order valence-corrected chi connectivity index (χ1v) is 10.7. The van der Waals surface area contributed by atoms with Gasteiger partial charge in [0, 0.05) is 31.9 Å². The summed E-state index contributed by atoms with van der Waals surface area (Å²) in [6.07, 6.45) is 0. The van der Waals surface area contributed by atoms with E-state index < -0.39 is 10.0 Å². The second kappa shape index (κ2) is 7.52. The van der Waals surface area contributed by atoms with E-state index in [2.05, 4.69) is 36.9 Å².